The van der Waals surface area contributed by atoms with Crippen molar-refractivity contribution >= 4 is 26.5 Å². The summed E-state index contributed by atoms with van der Waals surface area (Å²) in [5, 5.41) is 3.66. The minimum atomic E-state index is -4.81. The molecule has 2 rings (SSSR count). The summed E-state index contributed by atoms with van der Waals surface area (Å²) < 4.78 is 100. The Hall–Kier alpha value is -1.89. The molecule has 5 nitrogen and oxygen atoms in total. The lowest BCUT2D eigenvalue weighted by Crippen LogP contribution is -2.14. The standard InChI is InChI=1S/C10H5F6N3O2S2/c11-9(12,13)5-2-1-3-6(4-5)23(20,21)19-8-18-17-7(22-8)10(14,15)16/h1-4H,(H,18,19). The van der Waals surface area contributed by atoms with Crippen molar-refractivity contribution < 1.29 is 34.8 Å². The van der Waals surface area contributed by atoms with Gasteiger partial charge in [0.05, 0.1) is 10.5 Å². The van der Waals surface area contributed by atoms with E-state index in [1.54, 1.807) is 4.72 Å². The van der Waals surface area contributed by atoms with Crippen LogP contribution in [0, 0.1) is 0 Å². The highest BCUT2D eigenvalue weighted by Gasteiger charge is 2.36. The fourth-order valence-corrected chi connectivity index (χ4v) is 3.28. The third-order valence-electron chi connectivity index (χ3n) is 2.36. The Morgan fingerprint density at radius 3 is 2.17 bits per heavy atom. The Kier molecular flexibility index (Phi) is 4.28. The molecule has 1 heterocycles. The number of sulfonamides is 1. The minimum absolute atomic E-state index is 0.0886. The average Bonchev–Trinajstić information content (AvgIpc) is 2.85. The van der Waals surface area contributed by atoms with Gasteiger partial charge in [0, 0.05) is 0 Å². The topological polar surface area (TPSA) is 72.0 Å². The summed E-state index contributed by atoms with van der Waals surface area (Å²) in [4.78, 5) is -0.768. The molecular formula is C10H5F6N3O2S2. The number of hydrogen-bond acceptors (Lipinski definition) is 5. The van der Waals surface area contributed by atoms with Crippen molar-refractivity contribution in [3.8, 4) is 0 Å². The zero-order chi connectivity index (χ0) is 17.5. The number of halogens is 6. The van der Waals surface area contributed by atoms with Crippen molar-refractivity contribution in [2.24, 2.45) is 0 Å². The van der Waals surface area contributed by atoms with Gasteiger partial charge in [-0.3, -0.25) is 4.72 Å². The Balaban J connectivity index is 2.31. The predicted octanol–water partition coefficient (Wildman–Crippen LogP) is 3.38. The Morgan fingerprint density at radius 1 is 1.00 bits per heavy atom. The maximum atomic E-state index is 12.6. The molecule has 2 aromatic rings. The second kappa shape index (κ2) is 5.63. The van der Waals surface area contributed by atoms with E-state index in [1.807, 2.05) is 0 Å². The van der Waals surface area contributed by atoms with Crippen LogP contribution in [-0.4, -0.2) is 18.6 Å². The molecule has 0 radical (unpaired) electrons. The lowest BCUT2D eigenvalue weighted by atomic mass is 10.2. The molecule has 0 saturated carbocycles. The molecule has 1 aromatic heterocycles. The van der Waals surface area contributed by atoms with E-state index in [2.05, 4.69) is 10.2 Å². The quantitative estimate of drug-likeness (QED) is 0.833. The molecule has 0 amide bonds. The third-order valence-corrected chi connectivity index (χ3v) is 4.71. The van der Waals surface area contributed by atoms with Crippen molar-refractivity contribution in [2.45, 2.75) is 17.2 Å². The molecule has 0 unspecified atom stereocenters. The number of alkyl halides is 6. The van der Waals surface area contributed by atoms with E-state index in [0.717, 1.165) is 12.1 Å². The molecule has 0 bridgehead atoms. The zero-order valence-electron chi connectivity index (χ0n) is 10.6. The van der Waals surface area contributed by atoms with E-state index in [0.29, 0.717) is 12.1 Å². The summed E-state index contributed by atoms with van der Waals surface area (Å²) in [7, 11) is -4.54. The molecule has 0 fully saturated rings. The fraction of sp³-hybridized carbons (Fsp3) is 0.200. The SMILES string of the molecule is O=S(=O)(Nc1nnc(C(F)(F)F)s1)c1cccc(C(F)(F)F)c1. The summed E-state index contributed by atoms with van der Waals surface area (Å²) in [6.07, 6.45) is -9.57. The highest BCUT2D eigenvalue weighted by atomic mass is 32.2. The smallest absolute Gasteiger partial charge is 0.253 e. The van der Waals surface area contributed by atoms with Crippen LogP contribution in [0.4, 0.5) is 31.5 Å². The average molecular weight is 377 g/mol. The van der Waals surface area contributed by atoms with Gasteiger partial charge in [-0.05, 0) is 18.2 Å². The summed E-state index contributed by atoms with van der Waals surface area (Å²) >= 11 is -0.0886. The minimum Gasteiger partial charge on any atom is -0.253 e. The summed E-state index contributed by atoms with van der Waals surface area (Å²) in [6.45, 7) is 0. The van der Waals surface area contributed by atoms with Crippen molar-refractivity contribution in [3.05, 3.63) is 34.8 Å². The first kappa shape index (κ1) is 17.5. The van der Waals surface area contributed by atoms with Crippen LogP contribution in [0.1, 0.15) is 10.6 Å². The molecule has 13 heteroatoms. The molecule has 1 aromatic carbocycles. The van der Waals surface area contributed by atoms with Crippen LogP contribution in [0.5, 0.6) is 0 Å². The number of benzene rings is 1. The Bertz CT molecular complexity index is 812. The number of anilines is 1. The van der Waals surface area contributed by atoms with Crippen LogP contribution >= 0.6 is 11.3 Å². The number of rotatable bonds is 3. The predicted molar refractivity (Wildman–Crippen MR) is 67.2 cm³/mol. The van der Waals surface area contributed by atoms with Gasteiger partial charge < -0.3 is 0 Å². The van der Waals surface area contributed by atoms with Gasteiger partial charge in [0.25, 0.3) is 10.0 Å². The normalized spacial score (nSPS) is 13.1. The molecule has 1 N–H and O–H groups in total. The van der Waals surface area contributed by atoms with Crippen LogP contribution in [-0.2, 0) is 22.4 Å². The van der Waals surface area contributed by atoms with E-state index in [4.69, 9.17) is 0 Å². The highest BCUT2D eigenvalue weighted by Crippen LogP contribution is 2.34. The molecule has 0 aliphatic heterocycles. The first-order valence-corrected chi connectivity index (χ1v) is 7.80. The van der Waals surface area contributed by atoms with Crippen LogP contribution in [0.2, 0.25) is 0 Å². The maximum absolute atomic E-state index is 12.6. The maximum Gasteiger partial charge on any atom is 0.445 e. The molecule has 0 aliphatic carbocycles. The molecular weight excluding hydrogens is 372 g/mol. The number of aromatic nitrogens is 2. The lowest BCUT2D eigenvalue weighted by Gasteiger charge is -2.09. The molecule has 126 valence electrons. The van der Waals surface area contributed by atoms with Crippen molar-refractivity contribution in [1.29, 1.82) is 0 Å². The Morgan fingerprint density at radius 2 is 1.65 bits per heavy atom. The first-order chi connectivity index (χ1) is 10.4. The van der Waals surface area contributed by atoms with Crippen LogP contribution < -0.4 is 4.72 Å². The van der Waals surface area contributed by atoms with E-state index < -0.39 is 43.0 Å². The van der Waals surface area contributed by atoms with Gasteiger partial charge in [0.1, 0.15) is 0 Å². The second-order valence-electron chi connectivity index (χ2n) is 4.04. The van der Waals surface area contributed by atoms with Crippen LogP contribution in [0.15, 0.2) is 29.2 Å². The molecule has 0 spiro atoms. The number of hydrogen-bond donors (Lipinski definition) is 1. The van der Waals surface area contributed by atoms with Gasteiger partial charge in [-0.15, -0.1) is 10.2 Å². The van der Waals surface area contributed by atoms with Crippen LogP contribution in [0.3, 0.4) is 0 Å². The van der Waals surface area contributed by atoms with Gasteiger partial charge in [-0.1, -0.05) is 17.4 Å². The third kappa shape index (κ3) is 4.10. The van der Waals surface area contributed by atoms with E-state index >= 15 is 0 Å². The summed E-state index contributed by atoms with van der Waals surface area (Å²) in [6, 6.07) is 2.74. The fourth-order valence-electron chi connectivity index (χ4n) is 1.39. The summed E-state index contributed by atoms with van der Waals surface area (Å²) in [5.41, 5.74) is -1.21. The second-order valence-corrected chi connectivity index (χ2v) is 6.70. The largest absolute Gasteiger partial charge is 0.445 e. The highest BCUT2D eigenvalue weighted by molar-refractivity contribution is 7.93. The lowest BCUT2D eigenvalue weighted by molar-refractivity contribution is -0.138. The molecule has 23 heavy (non-hydrogen) atoms. The van der Waals surface area contributed by atoms with Gasteiger partial charge in [-0.25, -0.2) is 8.42 Å². The monoisotopic (exact) mass is 377 g/mol. The van der Waals surface area contributed by atoms with Gasteiger partial charge in [0.2, 0.25) is 10.1 Å². The summed E-state index contributed by atoms with van der Waals surface area (Å²) in [5.74, 6) is 0. The Labute approximate surface area is 129 Å². The van der Waals surface area contributed by atoms with E-state index in [-0.39, 0.29) is 11.3 Å². The van der Waals surface area contributed by atoms with Crippen molar-refractivity contribution in [3.63, 3.8) is 0 Å². The van der Waals surface area contributed by atoms with Crippen LogP contribution in [0.25, 0.3) is 0 Å². The van der Waals surface area contributed by atoms with E-state index in [1.165, 1.54) is 0 Å². The number of nitrogens with zero attached hydrogens (tertiary/aromatic N) is 2. The van der Waals surface area contributed by atoms with Crippen molar-refractivity contribution in [1.82, 2.24) is 10.2 Å². The zero-order valence-corrected chi connectivity index (χ0v) is 12.2. The van der Waals surface area contributed by atoms with Gasteiger partial charge in [0.15, 0.2) is 0 Å². The van der Waals surface area contributed by atoms with Crippen molar-refractivity contribution in [2.75, 3.05) is 4.72 Å². The first-order valence-electron chi connectivity index (χ1n) is 5.50. The molecule has 0 aliphatic rings. The van der Waals surface area contributed by atoms with Gasteiger partial charge in [-0.2, -0.15) is 26.3 Å². The molecule has 0 saturated heterocycles. The number of nitrogens with one attached hydrogen (secondary N) is 1. The van der Waals surface area contributed by atoms with Gasteiger partial charge >= 0.3 is 12.4 Å². The van der Waals surface area contributed by atoms with E-state index in [9.17, 15) is 34.8 Å². The molecule has 0 atom stereocenters.